The average Bonchev–Trinajstić information content (AvgIpc) is 2.82. The molecule has 0 amide bonds. The molecule has 100 valence electrons. The second-order valence-electron chi connectivity index (χ2n) is 6.65. The van der Waals surface area contributed by atoms with Crippen molar-refractivity contribution in [1.29, 1.82) is 0 Å². The van der Waals surface area contributed by atoms with E-state index < -0.39 is 0 Å². The van der Waals surface area contributed by atoms with Crippen LogP contribution in [0.1, 0.15) is 65.2 Å². The van der Waals surface area contributed by atoms with Gasteiger partial charge in [0.15, 0.2) is 0 Å². The maximum absolute atomic E-state index is 9.76. The van der Waals surface area contributed by atoms with Crippen LogP contribution in [-0.4, -0.2) is 23.3 Å². The first-order valence-electron chi connectivity index (χ1n) is 7.54. The normalized spacial score (nSPS) is 35.6. The van der Waals surface area contributed by atoms with E-state index in [9.17, 15) is 5.11 Å². The van der Waals surface area contributed by atoms with E-state index in [1.54, 1.807) is 0 Å². The van der Waals surface area contributed by atoms with Gasteiger partial charge in [-0.05, 0) is 50.4 Å². The third kappa shape index (κ3) is 3.23. The Morgan fingerprint density at radius 3 is 2.18 bits per heavy atom. The van der Waals surface area contributed by atoms with Gasteiger partial charge < -0.3 is 10.4 Å². The molecular formula is C15H29NO. The summed E-state index contributed by atoms with van der Waals surface area (Å²) < 4.78 is 0. The van der Waals surface area contributed by atoms with Crippen molar-refractivity contribution in [3.8, 4) is 0 Å². The quantitative estimate of drug-likeness (QED) is 0.790. The fourth-order valence-electron chi connectivity index (χ4n) is 3.71. The number of aliphatic hydroxyl groups excluding tert-OH is 1. The van der Waals surface area contributed by atoms with Crippen molar-refractivity contribution in [2.45, 2.75) is 76.8 Å². The third-order valence-corrected chi connectivity index (χ3v) is 5.10. The first-order valence-corrected chi connectivity index (χ1v) is 7.54. The Labute approximate surface area is 106 Å². The first-order chi connectivity index (χ1) is 8.15. The maximum atomic E-state index is 9.76. The zero-order valence-corrected chi connectivity index (χ0v) is 11.5. The van der Waals surface area contributed by atoms with Crippen molar-refractivity contribution in [2.75, 3.05) is 6.61 Å². The standard InChI is InChI=1S/C15H29NO/c1-12(2)13-7-9-15(11-17,10-8-13)16-14-5-3-4-6-14/h12-14,16-17H,3-11H2,1-2H3. The van der Waals surface area contributed by atoms with Gasteiger partial charge in [-0.15, -0.1) is 0 Å². The van der Waals surface area contributed by atoms with Crippen molar-refractivity contribution >= 4 is 0 Å². The van der Waals surface area contributed by atoms with Crippen LogP contribution in [0.5, 0.6) is 0 Å². The highest BCUT2D eigenvalue weighted by Crippen LogP contribution is 2.36. The molecule has 2 fully saturated rings. The Morgan fingerprint density at radius 2 is 1.71 bits per heavy atom. The maximum Gasteiger partial charge on any atom is 0.0613 e. The Bertz CT molecular complexity index is 225. The molecule has 2 nitrogen and oxygen atoms in total. The Hall–Kier alpha value is -0.0800. The van der Waals surface area contributed by atoms with Crippen LogP contribution in [0.15, 0.2) is 0 Å². The van der Waals surface area contributed by atoms with E-state index in [1.165, 1.54) is 51.4 Å². The molecule has 0 unspecified atom stereocenters. The Morgan fingerprint density at radius 1 is 1.12 bits per heavy atom. The van der Waals surface area contributed by atoms with Crippen LogP contribution >= 0.6 is 0 Å². The summed E-state index contributed by atoms with van der Waals surface area (Å²) in [7, 11) is 0. The molecule has 17 heavy (non-hydrogen) atoms. The smallest absolute Gasteiger partial charge is 0.0613 e. The molecule has 0 atom stereocenters. The summed E-state index contributed by atoms with van der Waals surface area (Å²) in [6.45, 7) is 5.00. The van der Waals surface area contributed by atoms with Gasteiger partial charge >= 0.3 is 0 Å². The van der Waals surface area contributed by atoms with Gasteiger partial charge in [-0.2, -0.15) is 0 Å². The molecule has 2 saturated carbocycles. The summed E-state index contributed by atoms with van der Waals surface area (Å²) in [5, 5.41) is 13.6. The van der Waals surface area contributed by atoms with Crippen LogP contribution in [0.2, 0.25) is 0 Å². The molecule has 2 aliphatic carbocycles. The zero-order valence-electron chi connectivity index (χ0n) is 11.5. The van der Waals surface area contributed by atoms with Gasteiger partial charge in [-0.3, -0.25) is 0 Å². The minimum atomic E-state index is 0.0559. The summed E-state index contributed by atoms with van der Waals surface area (Å²) in [6.07, 6.45) is 10.3. The molecule has 2 rings (SSSR count). The minimum absolute atomic E-state index is 0.0559. The monoisotopic (exact) mass is 239 g/mol. The lowest BCUT2D eigenvalue weighted by atomic mass is 9.73. The molecule has 0 aromatic carbocycles. The van der Waals surface area contributed by atoms with Gasteiger partial charge in [-0.25, -0.2) is 0 Å². The number of hydrogen-bond donors (Lipinski definition) is 2. The molecule has 0 spiro atoms. The van der Waals surface area contributed by atoms with E-state index in [1.807, 2.05) is 0 Å². The second-order valence-corrected chi connectivity index (χ2v) is 6.65. The van der Waals surface area contributed by atoms with Gasteiger partial charge in [0.25, 0.3) is 0 Å². The molecule has 2 aliphatic rings. The molecule has 0 aliphatic heterocycles. The molecule has 0 aromatic rings. The third-order valence-electron chi connectivity index (χ3n) is 5.10. The number of hydrogen-bond acceptors (Lipinski definition) is 2. The number of nitrogens with one attached hydrogen (secondary N) is 1. The topological polar surface area (TPSA) is 32.3 Å². The van der Waals surface area contributed by atoms with Crippen LogP contribution in [0, 0.1) is 11.8 Å². The van der Waals surface area contributed by atoms with E-state index in [-0.39, 0.29) is 5.54 Å². The van der Waals surface area contributed by atoms with E-state index >= 15 is 0 Å². The first kappa shape index (κ1) is 13.4. The fourth-order valence-corrected chi connectivity index (χ4v) is 3.71. The zero-order chi connectivity index (χ0) is 12.3. The summed E-state index contributed by atoms with van der Waals surface area (Å²) in [4.78, 5) is 0. The van der Waals surface area contributed by atoms with Gasteiger partial charge in [0, 0.05) is 11.6 Å². The highest BCUT2D eigenvalue weighted by Gasteiger charge is 2.37. The summed E-state index contributed by atoms with van der Waals surface area (Å²) in [5.41, 5.74) is 0.0559. The summed E-state index contributed by atoms with van der Waals surface area (Å²) in [6, 6.07) is 0.678. The fraction of sp³-hybridized carbons (Fsp3) is 1.00. The van der Waals surface area contributed by atoms with E-state index in [4.69, 9.17) is 0 Å². The van der Waals surface area contributed by atoms with E-state index in [2.05, 4.69) is 19.2 Å². The molecule has 2 heteroatoms. The van der Waals surface area contributed by atoms with Gasteiger partial charge in [0.2, 0.25) is 0 Å². The van der Waals surface area contributed by atoms with Crippen LogP contribution in [0.4, 0.5) is 0 Å². The Balaban J connectivity index is 1.88. The van der Waals surface area contributed by atoms with Crippen LogP contribution in [0.25, 0.3) is 0 Å². The lowest BCUT2D eigenvalue weighted by molar-refractivity contribution is 0.0813. The van der Waals surface area contributed by atoms with Gasteiger partial charge in [0.05, 0.1) is 6.61 Å². The highest BCUT2D eigenvalue weighted by atomic mass is 16.3. The van der Waals surface area contributed by atoms with Crippen molar-refractivity contribution in [3.05, 3.63) is 0 Å². The largest absolute Gasteiger partial charge is 0.394 e. The average molecular weight is 239 g/mol. The van der Waals surface area contributed by atoms with E-state index in [0.717, 1.165) is 11.8 Å². The second kappa shape index (κ2) is 5.71. The van der Waals surface area contributed by atoms with E-state index in [0.29, 0.717) is 12.6 Å². The molecule has 2 N–H and O–H groups in total. The summed E-state index contributed by atoms with van der Waals surface area (Å²) in [5.74, 6) is 1.68. The molecule has 0 radical (unpaired) electrons. The lowest BCUT2D eigenvalue weighted by Crippen LogP contribution is -2.54. The van der Waals surface area contributed by atoms with Crippen molar-refractivity contribution in [3.63, 3.8) is 0 Å². The van der Waals surface area contributed by atoms with Gasteiger partial charge in [0.1, 0.15) is 0 Å². The van der Waals surface area contributed by atoms with Crippen LogP contribution in [0.3, 0.4) is 0 Å². The van der Waals surface area contributed by atoms with Crippen molar-refractivity contribution in [1.82, 2.24) is 5.32 Å². The van der Waals surface area contributed by atoms with Crippen LogP contribution in [-0.2, 0) is 0 Å². The van der Waals surface area contributed by atoms with Crippen LogP contribution < -0.4 is 5.32 Å². The molecule has 0 saturated heterocycles. The molecule has 0 heterocycles. The SMILES string of the molecule is CC(C)C1CCC(CO)(NC2CCCC2)CC1. The molecule has 0 bridgehead atoms. The predicted molar refractivity (Wildman–Crippen MR) is 72.0 cm³/mol. The number of rotatable bonds is 4. The van der Waals surface area contributed by atoms with Crippen molar-refractivity contribution < 1.29 is 5.11 Å². The predicted octanol–water partition coefficient (Wildman–Crippen LogP) is 3.10. The van der Waals surface area contributed by atoms with Gasteiger partial charge in [-0.1, -0.05) is 26.7 Å². The number of aliphatic hydroxyl groups is 1. The minimum Gasteiger partial charge on any atom is -0.394 e. The Kier molecular flexibility index (Phi) is 4.48. The van der Waals surface area contributed by atoms with Crippen molar-refractivity contribution in [2.24, 2.45) is 11.8 Å². The highest BCUT2D eigenvalue weighted by molar-refractivity contribution is 4.95. The molecule has 0 aromatic heterocycles. The lowest BCUT2D eigenvalue weighted by Gasteiger charge is -2.42. The summed E-state index contributed by atoms with van der Waals surface area (Å²) >= 11 is 0. The molecular weight excluding hydrogens is 210 g/mol.